The van der Waals surface area contributed by atoms with Crippen molar-refractivity contribution in [1.29, 1.82) is 0 Å². The highest BCUT2D eigenvalue weighted by Gasteiger charge is 2.13. The largest absolute Gasteiger partial charge is 0.490 e. The van der Waals surface area contributed by atoms with Crippen LogP contribution in [0.15, 0.2) is 59.5 Å². The number of esters is 1. The second kappa shape index (κ2) is 7.73. The summed E-state index contributed by atoms with van der Waals surface area (Å²) in [6.07, 6.45) is 0. The fourth-order valence-corrected chi connectivity index (χ4v) is 3.09. The maximum atomic E-state index is 12.4. The van der Waals surface area contributed by atoms with E-state index in [0.29, 0.717) is 11.3 Å². The Morgan fingerprint density at radius 2 is 1.78 bits per heavy atom. The molecular weight excluding hydrogens is 368 g/mol. The summed E-state index contributed by atoms with van der Waals surface area (Å²) in [6.45, 7) is 1.99. The summed E-state index contributed by atoms with van der Waals surface area (Å²) in [6, 6.07) is 14.7. The first-order chi connectivity index (χ1) is 12.8. The number of benzene rings is 2. The molecule has 0 saturated carbocycles. The number of carbonyl (C=O) groups is 1. The van der Waals surface area contributed by atoms with Gasteiger partial charge in [0.05, 0.1) is 16.0 Å². The van der Waals surface area contributed by atoms with Gasteiger partial charge in [0.1, 0.15) is 19.0 Å². The van der Waals surface area contributed by atoms with Crippen molar-refractivity contribution in [2.24, 2.45) is 5.14 Å². The lowest BCUT2D eigenvalue weighted by atomic mass is 10.1. The van der Waals surface area contributed by atoms with Gasteiger partial charge in [-0.2, -0.15) is 0 Å². The van der Waals surface area contributed by atoms with Crippen molar-refractivity contribution in [2.45, 2.75) is 11.8 Å². The van der Waals surface area contributed by atoms with Crippen molar-refractivity contribution in [1.82, 2.24) is 4.98 Å². The molecule has 140 valence electrons. The number of hydrogen-bond acceptors (Lipinski definition) is 6. The predicted octanol–water partition coefficient (Wildman–Crippen LogP) is 2.43. The standard InChI is InChI=1S/C19H18N2O5S/c1-13-12-17(16-4-2-3-5-18(16)21-13)19(22)26-11-10-25-14-6-8-15(9-7-14)27(20,23)24/h2-9,12H,10-11H2,1H3,(H2,20,23,24). The highest BCUT2D eigenvalue weighted by atomic mass is 32.2. The van der Waals surface area contributed by atoms with Crippen LogP contribution in [0, 0.1) is 6.92 Å². The number of primary sulfonamides is 1. The van der Waals surface area contributed by atoms with Crippen LogP contribution in [0.25, 0.3) is 10.9 Å². The van der Waals surface area contributed by atoms with E-state index in [-0.39, 0.29) is 18.1 Å². The third-order valence-electron chi connectivity index (χ3n) is 3.80. The van der Waals surface area contributed by atoms with Crippen molar-refractivity contribution in [3.8, 4) is 5.75 Å². The molecule has 0 unspecified atom stereocenters. The quantitative estimate of drug-likeness (QED) is 0.515. The van der Waals surface area contributed by atoms with Crippen LogP contribution in [0.4, 0.5) is 0 Å². The van der Waals surface area contributed by atoms with Crippen LogP contribution in [-0.2, 0) is 14.8 Å². The van der Waals surface area contributed by atoms with Crippen LogP contribution in [0.2, 0.25) is 0 Å². The van der Waals surface area contributed by atoms with Gasteiger partial charge < -0.3 is 9.47 Å². The van der Waals surface area contributed by atoms with Crippen molar-refractivity contribution >= 4 is 26.9 Å². The summed E-state index contributed by atoms with van der Waals surface area (Å²) >= 11 is 0. The first-order valence-corrected chi connectivity index (χ1v) is 9.68. The van der Waals surface area contributed by atoms with Gasteiger partial charge in [0.25, 0.3) is 0 Å². The molecule has 0 atom stereocenters. The highest BCUT2D eigenvalue weighted by molar-refractivity contribution is 7.89. The Morgan fingerprint density at radius 3 is 2.48 bits per heavy atom. The zero-order valence-electron chi connectivity index (χ0n) is 14.6. The first-order valence-electron chi connectivity index (χ1n) is 8.14. The minimum atomic E-state index is -3.74. The number of aromatic nitrogens is 1. The summed E-state index contributed by atoms with van der Waals surface area (Å²) in [7, 11) is -3.74. The molecule has 0 amide bonds. The van der Waals surface area contributed by atoms with Gasteiger partial charge in [-0.05, 0) is 43.3 Å². The van der Waals surface area contributed by atoms with Gasteiger partial charge in [-0.1, -0.05) is 18.2 Å². The summed E-state index contributed by atoms with van der Waals surface area (Å²) in [5.74, 6) is -0.00599. The average Bonchev–Trinajstić information content (AvgIpc) is 2.64. The molecule has 3 aromatic rings. The van der Waals surface area contributed by atoms with E-state index in [1.807, 2.05) is 31.2 Å². The van der Waals surface area contributed by atoms with Crippen LogP contribution in [0.3, 0.4) is 0 Å². The van der Waals surface area contributed by atoms with Gasteiger partial charge in [0.2, 0.25) is 10.0 Å². The van der Waals surface area contributed by atoms with Crippen LogP contribution in [0.5, 0.6) is 5.75 Å². The van der Waals surface area contributed by atoms with Crippen LogP contribution in [0.1, 0.15) is 16.1 Å². The molecule has 3 rings (SSSR count). The van der Waals surface area contributed by atoms with Gasteiger partial charge in [-0.15, -0.1) is 0 Å². The minimum Gasteiger partial charge on any atom is -0.490 e. The Labute approximate surface area is 156 Å². The third kappa shape index (κ3) is 4.60. The normalized spacial score (nSPS) is 11.3. The van der Waals surface area contributed by atoms with E-state index in [2.05, 4.69) is 4.98 Å². The molecule has 2 aromatic carbocycles. The van der Waals surface area contributed by atoms with Crippen LogP contribution in [-0.4, -0.2) is 32.6 Å². The Balaban J connectivity index is 1.59. The number of nitrogens with two attached hydrogens (primary N) is 1. The number of sulfonamides is 1. The van der Waals surface area contributed by atoms with Crippen molar-refractivity contribution in [3.05, 3.63) is 65.9 Å². The molecular formula is C19H18N2O5S. The number of nitrogens with zero attached hydrogens (tertiary/aromatic N) is 1. The molecule has 0 aliphatic carbocycles. The molecule has 0 aliphatic rings. The second-order valence-electron chi connectivity index (χ2n) is 5.83. The van der Waals surface area contributed by atoms with Gasteiger partial charge in [-0.3, -0.25) is 4.98 Å². The average molecular weight is 386 g/mol. The Hall–Kier alpha value is -2.97. The summed E-state index contributed by atoms with van der Waals surface area (Å²) in [5.41, 5.74) is 1.91. The van der Waals surface area contributed by atoms with Gasteiger partial charge >= 0.3 is 5.97 Å². The molecule has 7 nitrogen and oxygen atoms in total. The summed E-state index contributed by atoms with van der Waals surface area (Å²) in [4.78, 5) is 16.8. The second-order valence-corrected chi connectivity index (χ2v) is 7.39. The summed E-state index contributed by atoms with van der Waals surface area (Å²) in [5, 5.41) is 5.77. The number of hydrogen-bond donors (Lipinski definition) is 1. The maximum Gasteiger partial charge on any atom is 0.339 e. The van der Waals surface area contributed by atoms with E-state index >= 15 is 0 Å². The van der Waals surface area contributed by atoms with Crippen LogP contribution >= 0.6 is 0 Å². The van der Waals surface area contributed by atoms with E-state index in [4.69, 9.17) is 14.6 Å². The fraction of sp³-hybridized carbons (Fsp3) is 0.158. The fourth-order valence-electron chi connectivity index (χ4n) is 2.57. The molecule has 1 heterocycles. The molecule has 0 spiro atoms. The zero-order chi connectivity index (χ0) is 19.4. The van der Waals surface area contributed by atoms with E-state index in [1.54, 1.807) is 6.07 Å². The zero-order valence-corrected chi connectivity index (χ0v) is 15.4. The van der Waals surface area contributed by atoms with Crippen molar-refractivity contribution in [2.75, 3.05) is 13.2 Å². The van der Waals surface area contributed by atoms with E-state index in [1.165, 1.54) is 24.3 Å². The third-order valence-corrected chi connectivity index (χ3v) is 4.73. The van der Waals surface area contributed by atoms with Crippen molar-refractivity contribution < 1.29 is 22.7 Å². The molecule has 27 heavy (non-hydrogen) atoms. The molecule has 1 aromatic heterocycles. The van der Waals surface area contributed by atoms with Gasteiger partial charge in [-0.25, -0.2) is 18.4 Å². The summed E-state index contributed by atoms with van der Waals surface area (Å²) < 4.78 is 33.1. The smallest absolute Gasteiger partial charge is 0.339 e. The lowest BCUT2D eigenvalue weighted by molar-refractivity contribution is 0.0452. The lowest BCUT2D eigenvalue weighted by Crippen LogP contribution is -2.14. The van der Waals surface area contributed by atoms with E-state index in [9.17, 15) is 13.2 Å². The number of ether oxygens (including phenoxy) is 2. The highest BCUT2D eigenvalue weighted by Crippen LogP contribution is 2.19. The predicted molar refractivity (Wildman–Crippen MR) is 100 cm³/mol. The Bertz CT molecular complexity index is 1080. The number of rotatable bonds is 6. The SMILES string of the molecule is Cc1cc(C(=O)OCCOc2ccc(S(N)(=O)=O)cc2)c2ccccc2n1. The van der Waals surface area contributed by atoms with E-state index in [0.717, 1.165) is 16.6 Å². The number of aryl methyl sites for hydroxylation is 1. The van der Waals surface area contributed by atoms with Gasteiger partial charge in [0.15, 0.2) is 0 Å². The maximum absolute atomic E-state index is 12.4. The topological polar surface area (TPSA) is 109 Å². The monoisotopic (exact) mass is 386 g/mol. The molecule has 0 radical (unpaired) electrons. The number of pyridine rings is 1. The Morgan fingerprint density at radius 1 is 1.07 bits per heavy atom. The van der Waals surface area contributed by atoms with E-state index < -0.39 is 16.0 Å². The molecule has 2 N–H and O–H groups in total. The molecule has 0 bridgehead atoms. The lowest BCUT2D eigenvalue weighted by Gasteiger charge is -2.10. The molecule has 0 fully saturated rings. The van der Waals surface area contributed by atoms with Crippen LogP contribution < -0.4 is 9.88 Å². The molecule has 0 saturated heterocycles. The van der Waals surface area contributed by atoms with Gasteiger partial charge in [0, 0.05) is 11.1 Å². The molecule has 8 heteroatoms. The molecule has 0 aliphatic heterocycles. The number of carbonyl (C=O) groups excluding carboxylic acids is 1. The minimum absolute atomic E-state index is 0.00112. The van der Waals surface area contributed by atoms with Crippen molar-refractivity contribution in [3.63, 3.8) is 0 Å². The number of fused-ring (bicyclic) bond motifs is 1. The number of para-hydroxylation sites is 1. The Kier molecular flexibility index (Phi) is 5.38. The first kappa shape index (κ1) is 18.8.